The van der Waals surface area contributed by atoms with Crippen LogP contribution in [0, 0.1) is 16.6 Å². The Morgan fingerprint density at radius 3 is 2.46 bits per heavy atom. The van der Waals surface area contributed by atoms with Gasteiger partial charge in [0, 0.05) is 24.6 Å². The number of carbonyl (C=O) groups excluding carboxylic acids is 2. The summed E-state index contributed by atoms with van der Waals surface area (Å²) in [7, 11) is 0. The number of hydrogen-bond donors (Lipinski definition) is 0. The summed E-state index contributed by atoms with van der Waals surface area (Å²) in [4.78, 5) is 23.8. The van der Waals surface area contributed by atoms with Crippen LogP contribution in [0.25, 0.3) is 0 Å². The number of anilines is 1. The summed E-state index contributed by atoms with van der Waals surface area (Å²) in [6.07, 6.45) is 2.48. The molecule has 0 aliphatic carbocycles. The maximum absolute atomic E-state index is 12.3. The van der Waals surface area contributed by atoms with E-state index in [1.165, 1.54) is 0 Å². The normalized spacial score (nSPS) is 24.9. The van der Waals surface area contributed by atoms with Gasteiger partial charge in [0.25, 0.3) is 13.2 Å². The Morgan fingerprint density at radius 1 is 1.35 bits per heavy atom. The van der Waals surface area contributed by atoms with E-state index >= 15 is 0 Å². The topological polar surface area (TPSA) is 70.4 Å². The Labute approximate surface area is 156 Å². The van der Waals surface area contributed by atoms with Gasteiger partial charge in [0.2, 0.25) is 5.91 Å². The third-order valence-electron chi connectivity index (χ3n) is 5.05. The minimum absolute atomic E-state index is 0.0345. The maximum Gasteiger partial charge on any atom is 0.293 e. The molecular weight excluding hydrogens is 327 g/mol. The van der Waals surface area contributed by atoms with Gasteiger partial charge in [0.05, 0.1) is 0 Å². The summed E-state index contributed by atoms with van der Waals surface area (Å²) in [5.74, 6) is 3.02. The Bertz CT molecular complexity index is 681. The average Bonchev–Trinajstić information content (AvgIpc) is 3.05. The number of carbonyl (C=O) groups is 2. The van der Waals surface area contributed by atoms with E-state index in [0.29, 0.717) is 18.7 Å². The van der Waals surface area contributed by atoms with Crippen molar-refractivity contribution in [2.75, 3.05) is 11.4 Å². The Hall–Kier alpha value is -2.29. The van der Waals surface area contributed by atoms with Crippen LogP contribution in [0.5, 0.6) is 0 Å². The predicted molar refractivity (Wildman–Crippen MR) is 103 cm³/mol. The highest BCUT2D eigenvalue weighted by Crippen LogP contribution is 2.51. The lowest BCUT2D eigenvalue weighted by Gasteiger charge is -2.23. The molecule has 5 nitrogen and oxygen atoms in total. The number of benzene rings is 1. The van der Waals surface area contributed by atoms with E-state index in [2.05, 4.69) is 17.6 Å². The molecule has 1 amide bonds. The molecule has 2 aliphatic heterocycles. The summed E-state index contributed by atoms with van der Waals surface area (Å²) in [5.41, 5.74) is 0.700. The number of nitriles is 1. The number of rotatable bonds is 2. The van der Waals surface area contributed by atoms with Gasteiger partial charge in [-0.3, -0.25) is 9.59 Å². The first-order valence-electron chi connectivity index (χ1n) is 9.06. The van der Waals surface area contributed by atoms with E-state index in [-0.39, 0.29) is 23.6 Å². The van der Waals surface area contributed by atoms with Crippen LogP contribution in [0.1, 0.15) is 40.5 Å². The minimum atomic E-state index is -0.318. The molecule has 2 atom stereocenters. The molecule has 2 saturated heterocycles. The van der Waals surface area contributed by atoms with E-state index in [9.17, 15) is 14.9 Å². The summed E-state index contributed by atoms with van der Waals surface area (Å²) < 4.78 is 4.55. The van der Waals surface area contributed by atoms with Gasteiger partial charge in [-0.25, -0.2) is 5.26 Å². The van der Waals surface area contributed by atoms with Crippen LogP contribution >= 0.6 is 0 Å². The number of ether oxygens (including phenoxy) is 1. The second-order valence-electron chi connectivity index (χ2n) is 8.44. The standard InChI is InChI=1S/C15H17BN2O.C5H10O2/c1-12-7-15(9-16(12)11-17)8-14(19)18(10-15)13-5-3-2-4-6-13;1-5(2,3)7-4-6/h2-6,12H,7-10H2,1H3;4H,1-3H3. The van der Waals surface area contributed by atoms with Crippen molar-refractivity contribution in [2.24, 2.45) is 5.41 Å². The van der Waals surface area contributed by atoms with Crippen molar-refractivity contribution in [3.05, 3.63) is 30.3 Å². The van der Waals surface area contributed by atoms with Crippen molar-refractivity contribution in [2.45, 2.75) is 58.3 Å². The van der Waals surface area contributed by atoms with Gasteiger partial charge in [-0.1, -0.05) is 31.4 Å². The van der Waals surface area contributed by atoms with Gasteiger partial charge in [-0.2, -0.15) is 0 Å². The second kappa shape index (κ2) is 7.95. The molecule has 1 spiro atoms. The maximum atomic E-state index is 12.3. The second-order valence-corrected chi connectivity index (χ2v) is 8.44. The van der Waals surface area contributed by atoms with Crippen molar-refractivity contribution >= 4 is 24.8 Å². The monoisotopic (exact) mass is 354 g/mol. The number of hydrogen-bond acceptors (Lipinski definition) is 4. The fourth-order valence-corrected chi connectivity index (χ4v) is 3.91. The first-order valence-corrected chi connectivity index (χ1v) is 9.06. The molecule has 1 aromatic carbocycles. The molecule has 6 heteroatoms. The SMILES string of the molecule is CC(C)(C)OC=O.CC1CC2(CB1C#N)CC(=O)N(c1ccccc1)C2. The smallest absolute Gasteiger partial charge is 0.293 e. The quantitative estimate of drug-likeness (QED) is 0.600. The lowest BCUT2D eigenvalue weighted by atomic mass is 9.44. The van der Waals surface area contributed by atoms with Crippen LogP contribution < -0.4 is 4.90 Å². The van der Waals surface area contributed by atoms with Crippen molar-refractivity contribution in [3.63, 3.8) is 0 Å². The molecule has 0 aromatic heterocycles. The van der Waals surface area contributed by atoms with Gasteiger partial charge in [-0.15, -0.1) is 0 Å². The zero-order valence-electron chi connectivity index (χ0n) is 16.1. The van der Waals surface area contributed by atoms with Gasteiger partial charge in [0.15, 0.2) is 0 Å². The molecule has 26 heavy (non-hydrogen) atoms. The molecule has 2 fully saturated rings. The lowest BCUT2D eigenvalue weighted by Crippen LogP contribution is -2.27. The number of amides is 1. The Balaban J connectivity index is 0.000000298. The van der Waals surface area contributed by atoms with Gasteiger partial charge in [0.1, 0.15) is 5.60 Å². The van der Waals surface area contributed by atoms with Gasteiger partial charge >= 0.3 is 0 Å². The van der Waals surface area contributed by atoms with Crippen LogP contribution in [0.4, 0.5) is 5.69 Å². The summed E-state index contributed by atoms with van der Waals surface area (Å²) in [5, 5.41) is 9.18. The van der Waals surface area contributed by atoms with E-state index in [1.807, 2.05) is 56.0 Å². The molecule has 0 N–H and O–H groups in total. The molecule has 2 aliphatic rings. The zero-order chi connectivity index (χ0) is 19.4. The highest BCUT2D eigenvalue weighted by Gasteiger charge is 2.52. The molecule has 1 aromatic rings. The molecule has 0 bridgehead atoms. The van der Waals surface area contributed by atoms with Gasteiger partial charge in [-0.05, 0) is 50.6 Å². The molecule has 0 saturated carbocycles. The highest BCUT2D eigenvalue weighted by atomic mass is 16.5. The summed E-state index contributed by atoms with van der Waals surface area (Å²) in [6, 6.07) is 9.85. The largest absolute Gasteiger partial charge is 0.462 e. The molecule has 2 heterocycles. The van der Waals surface area contributed by atoms with E-state index in [0.717, 1.165) is 25.0 Å². The van der Waals surface area contributed by atoms with E-state index < -0.39 is 0 Å². The van der Waals surface area contributed by atoms with Crippen molar-refractivity contribution in [3.8, 4) is 5.97 Å². The van der Waals surface area contributed by atoms with Crippen LogP contribution in [-0.4, -0.2) is 31.2 Å². The van der Waals surface area contributed by atoms with Crippen molar-refractivity contribution < 1.29 is 14.3 Å². The van der Waals surface area contributed by atoms with E-state index in [4.69, 9.17) is 0 Å². The summed E-state index contributed by atoms with van der Waals surface area (Å²) >= 11 is 0. The number of nitrogens with zero attached hydrogens (tertiary/aromatic N) is 2. The first-order chi connectivity index (χ1) is 12.2. The van der Waals surface area contributed by atoms with Crippen LogP contribution in [-0.2, 0) is 14.3 Å². The van der Waals surface area contributed by atoms with Crippen molar-refractivity contribution in [1.82, 2.24) is 0 Å². The Kier molecular flexibility index (Phi) is 6.12. The molecule has 2 unspecified atom stereocenters. The Morgan fingerprint density at radius 2 is 2.00 bits per heavy atom. The minimum Gasteiger partial charge on any atom is -0.462 e. The third-order valence-corrected chi connectivity index (χ3v) is 5.05. The van der Waals surface area contributed by atoms with Crippen molar-refractivity contribution in [1.29, 1.82) is 5.26 Å². The fourth-order valence-electron chi connectivity index (χ4n) is 3.91. The van der Waals surface area contributed by atoms with E-state index in [1.54, 1.807) is 0 Å². The molecular formula is C20H27BN2O3. The molecule has 138 valence electrons. The molecule has 3 rings (SSSR count). The lowest BCUT2D eigenvalue weighted by molar-refractivity contribution is -0.138. The summed E-state index contributed by atoms with van der Waals surface area (Å²) in [6.45, 7) is 8.95. The third kappa shape index (κ3) is 4.88. The average molecular weight is 354 g/mol. The van der Waals surface area contributed by atoms with Crippen LogP contribution in [0.3, 0.4) is 0 Å². The highest BCUT2D eigenvalue weighted by molar-refractivity contribution is 6.69. The fraction of sp³-hybridized carbons (Fsp3) is 0.550. The van der Waals surface area contributed by atoms with Gasteiger partial charge < -0.3 is 9.64 Å². The van der Waals surface area contributed by atoms with Crippen LogP contribution in [0.2, 0.25) is 12.1 Å². The zero-order valence-corrected chi connectivity index (χ0v) is 16.1. The van der Waals surface area contributed by atoms with Crippen LogP contribution in [0.15, 0.2) is 30.3 Å². The number of para-hydroxylation sites is 1. The first kappa shape index (κ1) is 20.0. The molecule has 0 radical (unpaired) electrons. The predicted octanol–water partition coefficient (Wildman–Crippen LogP) is 3.72.